The zero-order valence-electron chi connectivity index (χ0n) is 17.2. The molecule has 0 N–H and O–H groups in total. The molecule has 0 aliphatic rings. The topological polar surface area (TPSA) is 26.3 Å². The Kier molecular flexibility index (Phi) is 8.68. The molecule has 141 valence electrons. The molecule has 1 aromatic carbocycles. The molecule has 1 rings (SSSR count). The van der Waals surface area contributed by atoms with Gasteiger partial charge >= 0.3 is 6.47 Å². The van der Waals surface area contributed by atoms with E-state index in [1.807, 2.05) is 6.07 Å². The van der Waals surface area contributed by atoms with Crippen LogP contribution in [0.4, 0.5) is 0 Å². The SMILES string of the molecule is CCCCCC(C)(C)c1ccc(O[C]=O)c(C(C)(C)CCCCC)c1. The minimum atomic E-state index is -0.0170. The van der Waals surface area contributed by atoms with Crippen molar-refractivity contribution in [3.63, 3.8) is 0 Å². The first kappa shape index (κ1) is 21.7. The number of rotatable bonds is 12. The molecule has 0 saturated carbocycles. The smallest absolute Gasteiger partial charge is 0.418 e. The van der Waals surface area contributed by atoms with Crippen molar-refractivity contribution in [2.45, 2.75) is 104 Å². The second-order valence-electron chi connectivity index (χ2n) is 8.58. The van der Waals surface area contributed by atoms with Gasteiger partial charge in [0, 0.05) is 5.56 Å². The van der Waals surface area contributed by atoms with Crippen molar-refractivity contribution in [2.24, 2.45) is 0 Å². The van der Waals surface area contributed by atoms with Gasteiger partial charge in [0.1, 0.15) is 5.75 Å². The van der Waals surface area contributed by atoms with E-state index in [0.29, 0.717) is 5.75 Å². The van der Waals surface area contributed by atoms with Crippen molar-refractivity contribution in [1.29, 1.82) is 0 Å². The first-order valence-corrected chi connectivity index (χ1v) is 9.97. The third-order valence-corrected chi connectivity index (χ3v) is 5.45. The number of carbonyl (C=O) groups excluding carboxylic acids is 1. The molecule has 2 heteroatoms. The predicted octanol–water partition coefficient (Wildman–Crippen LogP) is 6.85. The fourth-order valence-corrected chi connectivity index (χ4v) is 3.53. The molecule has 0 aromatic heterocycles. The molecule has 0 atom stereocenters. The molecule has 2 nitrogen and oxygen atoms in total. The van der Waals surface area contributed by atoms with Gasteiger partial charge in [-0.15, -0.1) is 0 Å². The van der Waals surface area contributed by atoms with Gasteiger partial charge in [0.25, 0.3) is 0 Å². The van der Waals surface area contributed by atoms with E-state index in [1.54, 1.807) is 6.47 Å². The maximum absolute atomic E-state index is 10.8. The van der Waals surface area contributed by atoms with Crippen LogP contribution in [0.1, 0.15) is 104 Å². The monoisotopic (exact) mass is 345 g/mol. The Bertz CT molecular complexity index is 529. The van der Waals surface area contributed by atoms with Crippen LogP contribution < -0.4 is 4.74 Å². The summed E-state index contributed by atoms with van der Waals surface area (Å²) in [7, 11) is 0. The lowest BCUT2D eigenvalue weighted by molar-refractivity contribution is 0.405. The lowest BCUT2D eigenvalue weighted by atomic mass is 9.74. The highest BCUT2D eigenvalue weighted by atomic mass is 16.5. The number of hydrogen-bond donors (Lipinski definition) is 0. The van der Waals surface area contributed by atoms with Crippen LogP contribution in [0, 0.1) is 0 Å². The van der Waals surface area contributed by atoms with Crippen molar-refractivity contribution >= 4 is 6.47 Å². The third-order valence-electron chi connectivity index (χ3n) is 5.45. The molecule has 1 radical (unpaired) electrons. The zero-order valence-corrected chi connectivity index (χ0v) is 17.2. The molecule has 0 heterocycles. The highest BCUT2D eigenvalue weighted by Crippen LogP contribution is 2.39. The quantitative estimate of drug-likeness (QED) is 0.387. The molecule has 1 aromatic rings. The van der Waals surface area contributed by atoms with E-state index in [-0.39, 0.29) is 10.8 Å². The first-order valence-electron chi connectivity index (χ1n) is 9.97. The van der Waals surface area contributed by atoms with Crippen LogP contribution in [0.15, 0.2) is 18.2 Å². The number of benzene rings is 1. The summed E-state index contributed by atoms with van der Waals surface area (Å²) >= 11 is 0. The van der Waals surface area contributed by atoms with Crippen LogP contribution in [0.5, 0.6) is 5.75 Å². The largest absolute Gasteiger partial charge is 0.423 e. The molecule has 0 fully saturated rings. The molecule has 0 aliphatic heterocycles. The Morgan fingerprint density at radius 2 is 1.44 bits per heavy atom. The summed E-state index contributed by atoms with van der Waals surface area (Å²) < 4.78 is 5.19. The van der Waals surface area contributed by atoms with Crippen molar-refractivity contribution < 1.29 is 9.53 Å². The molecule has 0 aliphatic carbocycles. The Labute approximate surface area is 155 Å². The number of ether oxygens (including phenoxy) is 1. The van der Waals surface area contributed by atoms with Gasteiger partial charge in [0.15, 0.2) is 0 Å². The van der Waals surface area contributed by atoms with Crippen LogP contribution in [-0.4, -0.2) is 6.47 Å². The van der Waals surface area contributed by atoms with E-state index >= 15 is 0 Å². The summed E-state index contributed by atoms with van der Waals surface area (Å²) in [6, 6.07) is 6.34. The molecular formula is C23H37O2. The Morgan fingerprint density at radius 1 is 0.880 bits per heavy atom. The molecular weight excluding hydrogens is 308 g/mol. The third kappa shape index (κ3) is 6.49. The molecule has 0 unspecified atom stereocenters. The second kappa shape index (κ2) is 9.99. The summed E-state index contributed by atoms with van der Waals surface area (Å²) in [5, 5.41) is 0. The van der Waals surface area contributed by atoms with Gasteiger partial charge in [-0.2, -0.15) is 0 Å². The summed E-state index contributed by atoms with van der Waals surface area (Å²) in [5.74, 6) is 0.657. The zero-order chi connectivity index (χ0) is 18.9. The molecule has 0 saturated heterocycles. The highest BCUT2D eigenvalue weighted by Gasteiger charge is 2.28. The Balaban J connectivity index is 3.13. The molecule has 0 amide bonds. The van der Waals surface area contributed by atoms with Crippen LogP contribution in [0.3, 0.4) is 0 Å². The van der Waals surface area contributed by atoms with E-state index in [2.05, 4.69) is 53.7 Å². The lowest BCUT2D eigenvalue weighted by Crippen LogP contribution is -2.22. The summed E-state index contributed by atoms with van der Waals surface area (Å²) in [6.07, 6.45) is 9.69. The maximum atomic E-state index is 10.8. The van der Waals surface area contributed by atoms with E-state index in [9.17, 15) is 4.79 Å². The number of unbranched alkanes of at least 4 members (excludes halogenated alkanes) is 4. The van der Waals surface area contributed by atoms with Gasteiger partial charge in [-0.05, 0) is 35.3 Å². The Morgan fingerprint density at radius 3 is 1.96 bits per heavy atom. The van der Waals surface area contributed by atoms with Crippen molar-refractivity contribution in [2.75, 3.05) is 0 Å². The average Bonchev–Trinajstić information content (AvgIpc) is 2.55. The average molecular weight is 346 g/mol. The van der Waals surface area contributed by atoms with Crippen LogP contribution >= 0.6 is 0 Å². The van der Waals surface area contributed by atoms with Gasteiger partial charge < -0.3 is 4.74 Å². The van der Waals surface area contributed by atoms with Crippen molar-refractivity contribution in [1.82, 2.24) is 0 Å². The van der Waals surface area contributed by atoms with Crippen molar-refractivity contribution in [3.05, 3.63) is 29.3 Å². The minimum absolute atomic E-state index is 0.0170. The van der Waals surface area contributed by atoms with Gasteiger partial charge in [0.2, 0.25) is 0 Å². The standard InChI is InChI=1S/C23H37O2/c1-7-9-11-15-22(3,4)19-13-14-21(25-18-24)20(17-19)23(5,6)16-12-10-8-2/h13-14,17H,7-12,15-16H2,1-6H3. The van der Waals surface area contributed by atoms with Crippen LogP contribution in [0.2, 0.25) is 0 Å². The molecule has 0 bridgehead atoms. The summed E-state index contributed by atoms with van der Waals surface area (Å²) in [5.41, 5.74) is 2.58. The van der Waals surface area contributed by atoms with Gasteiger partial charge in [-0.3, -0.25) is 0 Å². The minimum Gasteiger partial charge on any atom is -0.418 e. The summed E-state index contributed by atoms with van der Waals surface area (Å²) in [4.78, 5) is 10.8. The first-order chi connectivity index (χ1) is 11.8. The highest BCUT2D eigenvalue weighted by molar-refractivity contribution is 5.52. The van der Waals surface area contributed by atoms with E-state index in [0.717, 1.165) is 12.0 Å². The Hall–Kier alpha value is -1.31. The fraction of sp³-hybridized carbons (Fsp3) is 0.696. The predicted molar refractivity (Wildman–Crippen MR) is 107 cm³/mol. The lowest BCUT2D eigenvalue weighted by Gasteiger charge is -2.31. The van der Waals surface area contributed by atoms with Gasteiger partial charge in [-0.25, -0.2) is 4.79 Å². The normalized spacial score (nSPS) is 12.2. The molecule has 25 heavy (non-hydrogen) atoms. The maximum Gasteiger partial charge on any atom is 0.423 e. The van der Waals surface area contributed by atoms with E-state index < -0.39 is 0 Å². The molecule has 0 spiro atoms. The van der Waals surface area contributed by atoms with Crippen LogP contribution in [-0.2, 0) is 15.6 Å². The van der Waals surface area contributed by atoms with Crippen molar-refractivity contribution in [3.8, 4) is 5.75 Å². The summed E-state index contributed by atoms with van der Waals surface area (Å²) in [6.45, 7) is 15.2. The van der Waals surface area contributed by atoms with E-state index in [1.165, 1.54) is 50.5 Å². The van der Waals surface area contributed by atoms with E-state index in [4.69, 9.17) is 4.74 Å². The second-order valence-corrected chi connectivity index (χ2v) is 8.58. The van der Waals surface area contributed by atoms with Gasteiger partial charge in [-0.1, -0.05) is 92.2 Å². The van der Waals surface area contributed by atoms with Gasteiger partial charge in [0.05, 0.1) is 0 Å². The van der Waals surface area contributed by atoms with Crippen LogP contribution in [0.25, 0.3) is 0 Å². The fourth-order valence-electron chi connectivity index (χ4n) is 3.53. The number of hydrogen-bond acceptors (Lipinski definition) is 2.